The van der Waals surface area contributed by atoms with Crippen molar-refractivity contribution in [3.05, 3.63) is 69.0 Å². The summed E-state index contributed by atoms with van der Waals surface area (Å²) < 4.78 is 13.5. The maximum absolute atomic E-state index is 13.5. The Morgan fingerprint density at radius 1 is 1.17 bits per heavy atom. The molecule has 3 rings (SSSR count). The number of benzene rings is 2. The number of aryl methyl sites for hydroxylation is 1. The Bertz CT molecular complexity index is 976. The predicted octanol–water partition coefficient (Wildman–Crippen LogP) is 4.31. The molecule has 0 saturated carbocycles. The summed E-state index contributed by atoms with van der Waals surface area (Å²) in [7, 11) is 0. The number of carbonyl (C=O) groups is 2. The molecular weight excluding hydrogens is 377 g/mol. The number of amides is 2. The second-order valence-electron chi connectivity index (χ2n) is 7.25. The van der Waals surface area contributed by atoms with Gasteiger partial charge in [-0.3, -0.25) is 19.7 Å². The molecule has 1 atom stereocenters. The Balaban J connectivity index is 1.77. The highest BCUT2D eigenvalue weighted by atomic mass is 19.1. The van der Waals surface area contributed by atoms with Crippen LogP contribution in [0.4, 0.5) is 15.8 Å². The van der Waals surface area contributed by atoms with E-state index in [4.69, 9.17) is 0 Å². The van der Waals surface area contributed by atoms with Crippen molar-refractivity contribution < 1.29 is 18.9 Å². The Kier molecular flexibility index (Phi) is 5.91. The first-order valence-electron chi connectivity index (χ1n) is 9.45. The van der Waals surface area contributed by atoms with Crippen LogP contribution in [-0.4, -0.2) is 34.2 Å². The lowest BCUT2D eigenvalue weighted by atomic mass is 10.0. The Labute approximate surface area is 167 Å². The van der Waals surface area contributed by atoms with Crippen LogP contribution in [0.5, 0.6) is 0 Å². The third kappa shape index (κ3) is 4.42. The van der Waals surface area contributed by atoms with Crippen LogP contribution in [0.3, 0.4) is 0 Å². The number of hydrogen-bond donors (Lipinski definition) is 1. The van der Waals surface area contributed by atoms with Crippen molar-refractivity contribution in [2.45, 2.75) is 39.2 Å². The average molecular weight is 399 g/mol. The van der Waals surface area contributed by atoms with Gasteiger partial charge in [0.15, 0.2) is 0 Å². The number of nitrogens with zero attached hydrogens (tertiary/aromatic N) is 2. The molecule has 0 aliphatic carbocycles. The molecular formula is C21H22FN3O4. The van der Waals surface area contributed by atoms with Crippen LogP contribution in [0.25, 0.3) is 0 Å². The molecule has 2 aromatic rings. The van der Waals surface area contributed by atoms with Crippen molar-refractivity contribution in [2.75, 3.05) is 11.9 Å². The fourth-order valence-corrected chi connectivity index (χ4v) is 3.49. The minimum atomic E-state index is -1.00. The molecule has 1 heterocycles. The average Bonchev–Trinajstić information content (AvgIpc) is 2.69. The lowest BCUT2D eigenvalue weighted by molar-refractivity contribution is -0.387. The second-order valence-corrected chi connectivity index (χ2v) is 7.25. The first-order chi connectivity index (χ1) is 13.8. The van der Waals surface area contributed by atoms with Crippen LogP contribution < -0.4 is 5.32 Å². The Hall–Kier alpha value is -3.29. The highest BCUT2D eigenvalue weighted by Gasteiger charge is 2.24. The molecule has 2 aromatic carbocycles. The fraction of sp³-hybridized carbons (Fsp3) is 0.333. The van der Waals surface area contributed by atoms with Crippen molar-refractivity contribution in [3.63, 3.8) is 0 Å². The van der Waals surface area contributed by atoms with Gasteiger partial charge < -0.3 is 10.2 Å². The number of piperidine rings is 1. The molecule has 0 spiro atoms. The lowest BCUT2D eigenvalue weighted by Gasteiger charge is -2.33. The summed E-state index contributed by atoms with van der Waals surface area (Å²) in [6, 6.07) is 8.17. The number of rotatable bonds is 4. The Morgan fingerprint density at radius 3 is 2.55 bits per heavy atom. The van der Waals surface area contributed by atoms with Gasteiger partial charge in [-0.2, -0.15) is 4.39 Å². The quantitative estimate of drug-likeness (QED) is 0.612. The zero-order valence-corrected chi connectivity index (χ0v) is 16.3. The predicted molar refractivity (Wildman–Crippen MR) is 107 cm³/mol. The van der Waals surface area contributed by atoms with Crippen molar-refractivity contribution in [3.8, 4) is 0 Å². The minimum Gasteiger partial charge on any atom is -0.336 e. The van der Waals surface area contributed by atoms with Crippen LogP contribution in [0.2, 0.25) is 0 Å². The first kappa shape index (κ1) is 20.4. The van der Waals surface area contributed by atoms with Crippen molar-refractivity contribution in [1.29, 1.82) is 0 Å². The van der Waals surface area contributed by atoms with E-state index in [-0.39, 0.29) is 17.5 Å². The zero-order valence-electron chi connectivity index (χ0n) is 16.3. The molecule has 2 amide bonds. The highest BCUT2D eigenvalue weighted by Crippen LogP contribution is 2.24. The smallest absolute Gasteiger partial charge is 0.305 e. The summed E-state index contributed by atoms with van der Waals surface area (Å²) in [4.78, 5) is 37.1. The van der Waals surface area contributed by atoms with Gasteiger partial charge in [-0.1, -0.05) is 0 Å². The maximum Gasteiger partial charge on any atom is 0.305 e. The van der Waals surface area contributed by atoms with Crippen LogP contribution in [-0.2, 0) is 0 Å². The summed E-state index contributed by atoms with van der Waals surface area (Å²) in [5.74, 6) is -1.63. The lowest BCUT2D eigenvalue weighted by Crippen LogP contribution is -2.42. The van der Waals surface area contributed by atoms with Crippen molar-refractivity contribution in [2.24, 2.45) is 0 Å². The SMILES string of the molecule is Cc1cc(C(=O)N2CCCCC2C)ccc1NC(=O)c1ccc(F)c([N+](=O)[O-])c1. The molecule has 8 heteroatoms. The first-order valence-corrected chi connectivity index (χ1v) is 9.45. The third-order valence-corrected chi connectivity index (χ3v) is 5.19. The van der Waals surface area contributed by atoms with Gasteiger partial charge in [0.2, 0.25) is 5.82 Å². The summed E-state index contributed by atoms with van der Waals surface area (Å²) >= 11 is 0. The molecule has 0 bridgehead atoms. The van der Waals surface area contributed by atoms with Crippen LogP contribution in [0.1, 0.15) is 52.5 Å². The molecule has 152 valence electrons. The molecule has 1 aliphatic rings. The second kappa shape index (κ2) is 8.38. The van der Waals surface area contributed by atoms with Gasteiger partial charge in [-0.15, -0.1) is 0 Å². The molecule has 0 aromatic heterocycles. The van der Waals surface area contributed by atoms with Gasteiger partial charge in [-0.05, 0) is 69.0 Å². The molecule has 0 radical (unpaired) electrons. The highest BCUT2D eigenvalue weighted by molar-refractivity contribution is 6.05. The van der Waals surface area contributed by atoms with E-state index in [1.807, 2.05) is 11.8 Å². The normalized spacial score (nSPS) is 16.4. The van der Waals surface area contributed by atoms with Crippen molar-refractivity contribution >= 4 is 23.2 Å². The summed E-state index contributed by atoms with van der Waals surface area (Å²) in [6.45, 7) is 4.54. The summed E-state index contributed by atoms with van der Waals surface area (Å²) in [5, 5.41) is 13.5. The largest absolute Gasteiger partial charge is 0.336 e. The molecule has 1 N–H and O–H groups in total. The molecule has 7 nitrogen and oxygen atoms in total. The number of anilines is 1. The van der Waals surface area contributed by atoms with E-state index in [0.717, 1.165) is 37.9 Å². The Morgan fingerprint density at radius 2 is 1.90 bits per heavy atom. The molecule has 1 aliphatic heterocycles. The maximum atomic E-state index is 13.5. The van der Waals surface area contributed by atoms with Crippen LogP contribution in [0.15, 0.2) is 36.4 Å². The summed E-state index contributed by atoms with van der Waals surface area (Å²) in [6.07, 6.45) is 3.10. The van der Waals surface area contributed by atoms with E-state index in [0.29, 0.717) is 16.8 Å². The topological polar surface area (TPSA) is 92.6 Å². The summed E-state index contributed by atoms with van der Waals surface area (Å²) in [5.41, 5.74) is 0.924. The van der Waals surface area contributed by atoms with E-state index < -0.39 is 22.3 Å². The van der Waals surface area contributed by atoms with Crippen LogP contribution >= 0.6 is 0 Å². The van der Waals surface area contributed by atoms with Gasteiger partial charge in [0.05, 0.1) is 4.92 Å². The number of nitro groups is 1. The molecule has 1 fully saturated rings. The van der Waals surface area contributed by atoms with Crippen molar-refractivity contribution in [1.82, 2.24) is 4.90 Å². The van der Waals surface area contributed by atoms with Gasteiger partial charge in [-0.25, -0.2) is 0 Å². The van der Waals surface area contributed by atoms with Gasteiger partial charge in [0.1, 0.15) is 0 Å². The van der Waals surface area contributed by atoms with E-state index in [2.05, 4.69) is 5.32 Å². The van der Waals surface area contributed by atoms with Crippen LogP contribution in [0, 0.1) is 22.9 Å². The molecule has 1 saturated heterocycles. The number of carbonyl (C=O) groups excluding carboxylic acids is 2. The van der Waals surface area contributed by atoms with E-state index in [1.165, 1.54) is 6.07 Å². The van der Waals surface area contributed by atoms with Gasteiger partial charge in [0.25, 0.3) is 11.8 Å². The van der Waals surface area contributed by atoms with Gasteiger partial charge in [0, 0.05) is 35.5 Å². The zero-order chi connectivity index (χ0) is 21.1. The number of likely N-dealkylation sites (tertiary alicyclic amines) is 1. The molecule has 1 unspecified atom stereocenters. The van der Waals surface area contributed by atoms with E-state index in [9.17, 15) is 24.1 Å². The third-order valence-electron chi connectivity index (χ3n) is 5.19. The number of hydrogen-bond acceptors (Lipinski definition) is 4. The van der Waals surface area contributed by atoms with Gasteiger partial charge >= 0.3 is 5.69 Å². The number of nitrogens with one attached hydrogen (secondary N) is 1. The standard InChI is InChI=1S/C21H22FN3O4/c1-13-11-16(21(27)24-10-4-3-5-14(24)2)7-9-18(13)23-20(26)15-6-8-17(22)19(12-15)25(28)29/h6-9,11-12,14H,3-5,10H2,1-2H3,(H,23,26). The number of halogens is 1. The minimum absolute atomic E-state index is 0.0280. The fourth-order valence-electron chi connectivity index (χ4n) is 3.49. The van der Waals surface area contributed by atoms with E-state index >= 15 is 0 Å². The monoisotopic (exact) mass is 399 g/mol. The number of nitro benzene ring substituents is 1. The van der Waals surface area contributed by atoms with E-state index in [1.54, 1.807) is 25.1 Å². The molecule has 29 heavy (non-hydrogen) atoms.